The van der Waals surface area contributed by atoms with Crippen LogP contribution >= 0.6 is 0 Å². The van der Waals surface area contributed by atoms with Crippen molar-refractivity contribution >= 4 is 11.5 Å². The first-order chi connectivity index (χ1) is 7.51. The molecule has 0 aliphatic heterocycles. The van der Waals surface area contributed by atoms with Crippen LogP contribution in [0, 0.1) is 17.0 Å². The number of hydrogen-bond donors (Lipinski definition) is 3. The first-order valence-corrected chi connectivity index (χ1v) is 4.67. The Kier molecular flexibility index (Phi) is 3.80. The van der Waals surface area contributed by atoms with Crippen molar-refractivity contribution in [1.82, 2.24) is 9.78 Å². The maximum Gasteiger partial charge on any atom is 0.333 e. The molecule has 16 heavy (non-hydrogen) atoms. The third-order valence-corrected chi connectivity index (χ3v) is 2.15. The molecule has 1 heterocycles. The molecule has 0 saturated heterocycles. The molecule has 0 saturated carbocycles. The first-order valence-electron chi connectivity index (χ1n) is 4.67. The van der Waals surface area contributed by atoms with Crippen LogP contribution in [0.1, 0.15) is 5.69 Å². The monoisotopic (exact) mass is 230 g/mol. The summed E-state index contributed by atoms with van der Waals surface area (Å²) in [5.41, 5.74) is 0.138. The zero-order valence-electron chi connectivity index (χ0n) is 9.04. The van der Waals surface area contributed by atoms with E-state index in [9.17, 15) is 10.1 Å². The summed E-state index contributed by atoms with van der Waals surface area (Å²) >= 11 is 0. The number of rotatable bonds is 5. The van der Waals surface area contributed by atoms with Gasteiger partial charge in [-0.05, 0) is 6.92 Å². The van der Waals surface area contributed by atoms with Crippen molar-refractivity contribution in [2.75, 3.05) is 18.5 Å². The van der Waals surface area contributed by atoms with Crippen LogP contribution in [0.3, 0.4) is 0 Å². The minimum absolute atomic E-state index is 0.144. The highest BCUT2D eigenvalue weighted by Crippen LogP contribution is 2.27. The van der Waals surface area contributed by atoms with Gasteiger partial charge in [-0.25, -0.2) is 4.68 Å². The van der Waals surface area contributed by atoms with Crippen molar-refractivity contribution in [1.29, 1.82) is 0 Å². The SMILES string of the molecule is Cc1nn(C)c(NC(CO)CO)c1[N+](=O)[O-]. The maximum absolute atomic E-state index is 10.8. The van der Waals surface area contributed by atoms with Crippen LogP contribution in [0.15, 0.2) is 0 Å². The van der Waals surface area contributed by atoms with E-state index in [4.69, 9.17) is 10.2 Å². The zero-order chi connectivity index (χ0) is 12.3. The number of aromatic nitrogens is 2. The van der Waals surface area contributed by atoms with Gasteiger partial charge in [-0.3, -0.25) is 10.1 Å². The van der Waals surface area contributed by atoms with Gasteiger partial charge in [-0.2, -0.15) is 5.10 Å². The van der Waals surface area contributed by atoms with Crippen molar-refractivity contribution in [2.24, 2.45) is 7.05 Å². The normalized spacial score (nSPS) is 10.8. The van der Waals surface area contributed by atoms with E-state index in [1.54, 1.807) is 7.05 Å². The summed E-state index contributed by atoms with van der Waals surface area (Å²) in [6.45, 7) is 0.881. The molecule has 0 radical (unpaired) electrons. The number of aliphatic hydroxyl groups is 2. The predicted molar refractivity (Wildman–Crippen MR) is 56.2 cm³/mol. The highest BCUT2D eigenvalue weighted by Gasteiger charge is 2.25. The minimum Gasteiger partial charge on any atom is -0.394 e. The first kappa shape index (κ1) is 12.4. The Bertz CT molecular complexity index is 386. The lowest BCUT2D eigenvalue weighted by atomic mass is 10.3. The number of nitro groups is 1. The molecule has 3 N–H and O–H groups in total. The van der Waals surface area contributed by atoms with Gasteiger partial charge in [-0.15, -0.1) is 0 Å². The van der Waals surface area contributed by atoms with Crippen molar-refractivity contribution in [2.45, 2.75) is 13.0 Å². The third-order valence-electron chi connectivity index (χ3n) is 2.15. The summed E-state index contributed by atoms with van der Waals surface area (Å²) in [4.78, 5) is 10.3. The Morgan fingerprint density at radius 3 is 2.56 bits per heavy atom. The van der Waals surface area contributed by atoms with E-state index in [1.807, 2.05) is 0 Å². The number of nitrogens with one attached hydrogen (secondary N) is 1. The van der Waals surface area contributed by atoms with E-state index >= 15 is 0 Å². The summed E-state index contributed by atoms with van der Waals surface area (Å²) in [6.07, 6.45) is 0. The average molecular weight is 230 g/mol. The van der Waals surface area contributed by atoms with E-state index in [0.29, 0.717) is 0 Å². The van der Waals surface area contributed by atoms with Gasteiger partial charge < -0.3 is 15.5 Å². The average Bonchev–Trinajstić information content (AvgIpc) is 2.49. The molecule has 1 aromatic rings. The summed E-state index contributed by atoms with van der Waals surface area (Å²) in [6, 6.07) is -0.645. The van der Waals surface area contributed by atoms with Gasteiger partial charge in [0, 0.05) is 7.05 Å². The molecule has 0 aliphatic carbocycles. The molecular formula is C8H14N4O4. The van der Waals surface area contributed by atoms with Gasteiger partial charge in [-0.1, -0.05) is 0 Å². The molecule has 90 valence electrons. The van der Waals surface area contributed by atoms with E-state index < -0.39 is 11.0 Å². The topological polar surface area (TPSA) is 113 Å². The highest BCUT2D eigenvalue weighted by molar-refractivity contribution is 5.59. The van der Waals surface area contributed by atoms with Crippen LogP contribution in [0.2, 0.25) is 0 Å². The van der Waals surface area contributed by atoms with Gasteiger partial charge >= 0.3 is 5.69 Å². The number of aliphatic hydroxyl groups excluding tert-OH is 2. The predicted octanol–water partition coefficient (Wildman–Crippen LogP) is -0.598. The van der Waals surface area contributed by atoms with Crippen molar-refractivity contribution in [3.63, 3.8) is 0 Å². The fourth-order valence-electron chi connectivity index (χ4n) is 1.37. The van der Waals surface area contributed by atoms with Crippen LogP contribution in [-0.2, 0) is 7.05 Å². The molecule has 0 bridgehead atoms. The van der Waals surface area contributed by atoms with E-state index in [1.165, 1.54) is 11.6 Å². The minimum atomic E-state index is -0.645. The molecule has 0 atom stereocenters. The molecule has 0 fully saturated rings. The fraction of sp³-hybridized carbons (Fsp3) is 0.625. The quantitative estimate of drug-likeness (QED) is 0.460. The second-order valence-electron chi connectivity index (χ2n) is 3.37. The Balaban J connectivity index is 3.07. The van der Waals surface area contributed by atoms with Crippen LogP contribution in [0.25, 0.3) is 0 Å². The molecular weight excluding hydrogens is 216 g/mol. The van der Waals surface area contributed by atoms with Crippen molar-refractivity contribution in [3.05, 3.63) is 15.8 Å². The molecule has 0 aliphatic rings. The lowest BCUT2D eigenvalue weighted by Crippen LogP contribution is -2.29. The number of nitrogens with zero attached hydrogens (tertiary/aromatic N) is 3. The third kappa shape index (κ3) is 2.28. The van der Waals surface area contributed by atoms with E-state index in [0.717, 1.165) is 0 Å². The number of hydrogen-bond acceptors (Lipinski definition) is 6. The molecule has 0 amide bonds. The van der Waals surface area contributed by atoms with Crippen LogP contribution in [0.5, 0.6) is 0 Å². The standard InChI is InChI=1S/C8H14N4O4/c1-5-7(12(15)16)8(11(2)10-5)9-6(3-13)4-14/h6,9,13-14H,3-4H2,1-2H3. The summed E-state index contributed by atoms with van der Waals surface area (Å²) in [5.74, 6) is 0.176. The maximum atomic E-state index is 10.8. The van der Waals surface area contributed by atoms with Gasteiger partial charge in [0.05, 0.1) is 24.2 Å². The Hall–Kier alpha value is -1.67. The van der Waals surface area contributed by atoms with Crippen molar-refractivity contribution < 1.29 is 15.1 Å². The van der Waals surface area contributed by atoms with Gasteiger partial charge in [0.15, 0.2) is 0 Å². The summed E-state index contributed by atoms with van der Waals surface area (Å²) in [5, 5.41) is 35.2. The van der Waals surface area contributed by atoms with Gasteiger partial charge in [0.25, 0.3) is 0 Å². The molecule has 8 nitrogen and oxygen atoms in total. The molecule has 1 aromatic heterocycles. The number of anilines is 1. The second kappa shape index (κ2) is 4.90. The zero-order valence-corrected chi connectivity index (χ0v) is 9.04. The van der Waals surface area contributed by atoms with Gasteiger partial charge in [0.2, 0.25) is 5.82 Å². The Morgan fingerprint density at radius 1 is 1.56 bits per heavy atom. The Labute approximate surface area is 91.7 Å². The van der Waals surface area contributed by atoms with Gasteiger partial charge in [0.1, 0.15) is 5.69 Å². The van der Waals surface area contributed by atoms with Crippen LogP contribution in [0.4, 0.5) is 11.5 Å². The van der Waals surface area contributed by atoms with Crippen LogP contribution < -0.4 is 5.32 Å². The molecule has 8 heteroatoms. The highest BCUT2D eigenvalue weighted by atomic mass is 16.6. The molecule has 0 spiro atoms. The largest absolute Gasteiger partial charge is 0.394 e. The summed E-state index contributed by atoms with van der Waals surface area (Å²) in [7, 11) is 1.55. The molecule has 0 unspecified atom stereocenters. The van der Waals surface area contributed by atoms with E-state index in [-0.39, 0.29) is 30.4 Å². The summed E-state index contributed by atoms with van der Waals surface area (Å²) < 4.78 is 1.31. The van der Waals surface area contributed by atoms with Crippen LogP contribution in [-0.4, -0.2) is 44.2 Å². The molecule has 0 aromatic carbocycles. The smallest absolute Gasteiger partial charge is 0.333 e. The fourth-order valence-corrected chi connectivity index (χ4v) is 1.37. The second-order valence-corrected chi connectivity index (χ2v) is 3.37. The lowest BCUT2D eigenvalue weighted by Gasteiger charge is -2.13. The van der Waals surface area contributed by atoms with E-state index in [2.05, 4.69) is 10.4 Å². The van der Waals surface area contributed by atoms with Crippen molar-refractivity contribution in [3.8, 4) is 0 Å². The lowest BCUT2D eigenvalue weighted by molar-refractivity contribution is -0.384. The molecule has 1 rings (SSSR count). The Morgan fingerprint density at radius 2 is 2.12 bits per heavy atom. The number of aryl methyl sites for hydroxylation is 2.